The summed E-state index contributed by atoms with van der Waals surface area (Å²) < 4.78 is 16.1. The van der Waals surface area contributed by atoms with Gasteiger partial charge >= 0.3 is 0 Å². The fourth-order valence-corrected chi connectivity index (χ4v) is 3.04. The molecule has 27 heavy (non-hydrogen) atoms. The average molecular weight is 405 g/mol. The molecule has 1 heterocycles. The predicted octanol–water partition coefficient (Wildman–Crippen LogP) is 4.74. The lowest BCUT2D eigenvalue weighted by molar-refractivity contribution is -0.113. The van der Waals surface area contributed by atoms with Gasteiger partial charge in [0.05, 0.1) is 26.2 Å². The van der Waals surface area contributed by atoms with Gasteiger partial charge in [0.25, 0.3) is 5.22 Å². The Morgan fingerprint density at radius 3 is 2.59 bits per heavy atom. The molecule has 0 fully saturated rings. The summed E-state index contributed by atoms with van der Waals surface area (Å²) in [6.07, 6.45) is 1.62. The molecule has 1 aromatic heterocycles. The van der Waals surface area contributed by atoms with Crippen LogP contribution in [0.25, 0.3) is 11.3 Å². The summed E-state index contributed by atoms with van der Waals surface area (Å²) in [5.41, 5.74) is 1.49. The number of hydrogen-bond acceptors (Lipinski definition) is 6. The molecule has 0 aliphatic rings. The Hall–Kier alpha value is -2.64. The van der Waals surface area contributed by atoms with Gasteiger partial charge in [-0.05, 0) is 36.4 Å². The van der Waals surface area contributed by atoms with Crippen molar-refractivity contribution in [1.82, 2.24) is 4.98 Å². The zero-order chi connectivity index (χ0) is 19.2. The Labute approximate surface area is 165 Å². The van der Waals surface area contributed by atoms with E-state index in [1.54, 1.807) is 50.7 Å². The quantitative estimate of drug-likeness (QED) is 0.573. The second-order valence-corrected chi connectivity index (χ2v) is 6.77. The summed E-state index contributed by atoms with van der Waals surface area (Å²) in [4.78, 5) is 16.4. The van der Waals surface area contributed by atoms with Crippen molar-refractivity contribution in [1.29, 1.82) is 0 Å². The van der Waals surface area contributed by atoms with Crippen LogP contribution in [0.5, 0.6) is 11.5 Å². The number of nitrogens with one attached hydrogen (secondary N) is 1. The van der Waals surface area contributed by atoms with Gasteiger partial charge in [0.15, 0.2) is 17.3 Å². The van der Waals surface area contributed by atoms with Gasteiger partial charge in [0.1, 0.15) is 0 Å². The molecule has 1 N–H and O–H groups in total. The number of hydrogen-bond donors (Lipinski definition) is 1. The number of rotatable bonds is 7. The third kappa shape index (κ3) is 4.96. The molecular formula is C19H17ClN2O4S. The lowest BCUT2D eigenvalue weighted by atomic mass is 10.2. The summed E-state index contributed by atoms with van der Waals surface area (Å²) in [7, 11) is 3.10. The molecule has 1 amide bonds. The first kappa shape index (κ1) is 19.1. The van der Waals surface area contributed by atoms with Crippen molar-refractivity contribution < 1.29 is 18.7 Å². The van der Waals surface area contributed by atoms with Gasteiger partial charge in [-0.1, -0.05) is 23.4 Å². The van der Waals surface area contributed by atoms with Gasteiger partial charge in [-0.2, -0.15) is 0 Å². The minimum absolute atomic E-state index is 0.162. The molecule has 0 radical (unpaired) electrons. The lowest BCUT2D eigenvalue weighted by Crippen LogP contribution is -2.14. The summed E-state index contributed by atoms with van der Waals surface area (Å²) in [6, 6.07) is 12.4. The maximum atomic E-state index is 12.2. The topological polar surface area (TPSA) is 73.6 Å². The molecule has 0 spiro atoms. The molecular weight excluding hydrogens is 388 g/mol. The van der Waals surface area contributed by atoms with Crippen LogP contribution in [0.2, 0.25) is 5.02 Å². The normalized spacial score (nSPS) is 10.5. The monoisotopic (exact) mass is 404 g/mol. The number of carbonyl (C=O) groups is 1. The van der Waals surface area contributed by atoms with Crippen molar-refractivity contribution in [2.24, 2.45) is 0 Å². The standard InChI is InChI=1S/C19H17ClN2O4S/c1-24-15-8-7-14(9-16(15)25-2)22-18(23)11-27-19-21-10-17(26-19)12-3-5-13(20)6-4-12/h3-10H,11H2,1-2H3,(H,22,23). The first-order valence-corrected chi connectivity index (χ1v) is 9.32. The van der Waals surface area contributed by atoms with E-state index >= 15 is 0 Å². The zero-order valence-electron chi connectivity index (χ0n) is 14.7. The molecule has 0 bridgehead atoms. The summed E-state index contributed by atoms with van der Waals surface area (Å²) in [5.74, 6) is 1.74. The second-order valence-electron chi connectivity index (χ2n) is 5.40. The van der Waals surface area contributed by atoms with Crippen LogP contribution in [0.3, 0.4) is 0 Å². The number of nitrogens with zero attached hydrogens (tertiary/aromatic N) is 1. The maximum Gasteiger partial charge on any atom is 0.256 e. The Bertz CT molecular complexity index is 928. The summed E-state index contributed by atoms with van der Waals surface area (Å²) >= 11 is 7.09. The second kappa shape index (κ2) is 8.83. The fraction of sp³-hybridized carbons (Fsp3) is 0.158. The number of methoxy groups -OCH3 is 2. The predicted molar refractivity (Wildman–Crippen MR) is 106 cm³/mol. The van der Waals surface area contributed by atoms with Crippen molar-refractivity contribution in [2.75, 3.05) is 25.3 Å². The minimum Gasteiger partial charge on any atom is -0.493 e. The van der Waals surface area contributed by atoms with Gasteiger partial charge < -0.3 is 19.2 Å². The van der Waals surface area contributed by atoms with E-state index in [4.69, 9.17) is 25.5 Å². The van der Waals surface area contributed by atoms with Crippen molar-refractivity contribution in [3.63, 3.8) is 0 Å². The number of amides is 1. The van der Waals surface area contributed by atoms with Crippen molar-refractivity contribution in [3.8, 4) is 22.8 Å². The number of aromatic nitrogens is 1. The number of halogens is 1. The SMILES string of the molecule is COc1ccc(NC(=O)CSc2ncc(-c3ccc(Cl)cc3)o2)cc1OC. The van der Waals surface area contributed by atoms with Crippen molar-refractivity contribution in [2.45, 2.75) is 5.22 Å². The van der Waals surface area contributed by atoms with Crippen LogP contribution in [0.1, 0.15) is 0 Å². The highest BCUT2D eigenvalue weighted by Gasteiger charge is 2.11. The van der Waals surface area contributed by atoms with Crippen molar-refractivity contribution in [3.05, 3.63) is 53.7 Å². The number of carbonyl (C=O) groups excluding carboxylic acids is 1. The van der Waals surface area contributed by atoms with E-state index in [0.29, 0.717) is 33.2 Å². The van der Waals surface area contributed by atoms with E-state index in [-0.39, 0.29) is 11.7 Å². The van der Waals surface area contributed by atoms with E-state index in [9.17, 15) is 4.79 Å². The van der Waals surface area contributed by atoms with Crippen LogP contribution >= 0.6 is 23.4 Å². The Morgan fingerprint density at radius 1 is 1.15 bits per heavy atom. The van der Waals surface area contributed by atoms with E-state index < -0.39 is 0 Å². The van der Waals surface area contributed by atoms with Crippen LogP contribution < -0.4 is 14.8 Å². The molecule has 0 aliphatic heterocycles. The smallest absolute Gasteiger partial charge is 0.256 e. The molecule has 2 aromatic carbocycles. The first-order valence-electron chi connectivity index (χ1n) is 7.95. The molecule has 3 aromatic rings. The molecule has 8 heteroatoms. The van der Waals surface area contributed by atoms with Crippen LogP contribution in [0, 0.1) is 0 Å². The third-order valence-corrected chi connectivity index (χ3v) is 4.70. The first-order chi connectivity index (χ1) is 13.1. The Morgan fingerprint density at radius 2 is 1.89 bits per heavy atom. The number of benzene rings is 2. The summed E-state index contributed by atoms with van der Waals surface area (Å²) in [6.45, 7) is 0. The van der Waals surface area contributed by atoms with Gasteiger partial charge in [-0.3, -0.25) is 4.79 Å². The molecule has 140 valence electrons. The highest BCUT2D eigenvalue weighted by atomic mass is 35.5. The number of ether oxygens (including phenoxy) is 2. The molecule has 0 unspecified atom stereocenters. The largest absolute Gasteiger partial charge is 0.493 e. The maximum absolute atomic E-state index is 12.2. The molecule has 0 atom stereocenters. The van der Waals surface area contributed by atoms with Gasteiger partial charge in [0.2, 0.25) is 5.91 Å². The molecule has 0 saturated heterocycles. The van der Waals surface area contributed by atoms with Crippen molar-refractivity contribution >= 4 is 35.0 Å². The fourth-order valence-electron chi connectivity index (χ4n) is 2.31. The Kier molecular flexibility index (Phi) is 6.26. The average Bonchev–Trinajstić information content (AvgIpc) is 3.16. The summed E-state index contributed by atoms with van der Waals surface area (Å²) in [5, 5.41) is 3.87. The van der Waals surface area contributed by atoms with Crippen LogP contribution in [0.4, 0.5) is 5.69 Å². The zero-order valence-corrected chi connectivity index (χ0v) is 16.3. The molecule has 6 nitrogen and oxygen atoms in total. The van der Waals surface area contributed by atoms with Gasteiger partial charge in [0, 0.05) is 22.3 Å². The highest BCUT2D eigenvalue weighted by Crippen LogP contribution is 2.30. The number of anilines is 1. The highest BCUT2D eigenvalue weighted by molar-refractivity contribution is 7.99. The number of oxazole rings is 1. The van der Waals surface area contributed by atoms with Crippen LogP contribution in [0.15, 0.2) is 58.3 Å². The van der Waals surface area contributed by atoms with E-state index in [1.807, 2.05) is 12.1 Å². The van der Waals surface area contributed by atoms with Gasteiger partial charge in [-0.25, -0.2) is 4.98 Å². The molecule has 3 rings (SSSR count). The lowest BCUT2D eigenvalue weighted by Gasteiger charge is -2.10. The van der Waals surface area contributed by atoms with Gasteiger partial charge in [-0.15, -0.1) is 0 Å². The Balaban J connectivity index is 1.57. The van der Waals surface area contributed by atoms with Crippen LogP contribution in [-0.4, -0.2) is 30.9 Å². The minimum atomic E-state index is -0.182. The van der Waals surface area contributed by atoms with Crippen LogP contribution in [-0.2, 0) is 4.79 Å². The third-order valence-electron chi connectivity index (χ3n) is 3.61. The number of thioether (sulfide) groups is 1. The van der Waals surface area contributed by atoms with E-state index in [0.717, 1.165) is 5.56 Å². The molecule has 0 aliphatic carbocycles. The van der Waals surface area contributed by atoms with E-state index in [1.165, 1.54) is 11.8 Å². The molecule has 0 saturated carbocycles. The van der Waals surface area contributed by atoms with E-state index in [2.05, 4.69) is 10.3 Å².